The first-order valence-electron chi connectivity index (χ1n) is 8.46. The summed E-state index contributed by atoms with van der Waals surface area (Å²) in [6.07, 6.45) is 0. The summed E-state index contributed by atoms with van der Waals surface area (Å²) >= 11 is 0. The number of aromatic nitrogens is 2. The Morgan fingerprint density at radius 1 is 0.885 bits per heavy atom. The molecule has 5 heteroatoms. The van der Waals surface area contributed by atoms with Gasteiger partial charge in [0.2, 0.25) is 0 Å². The highest BCUT2D eigenvalue weighted by atomic mass is 16.5. The van der Waals surface area contributed by atoms with Crippen LogP contribution in [0, 0.1) is 0 Å². The van der Waals surface area contributed by atoms with Gasteiger partial charge in [-0.3, -0.25) is 0 Å². The third-order valence-corrected chi connectivity index (χ3v) is 4.45. The van der Waals surface area contributed by atoms with Gasteiger partial charge in [0.05, 0.1) is 32.2 Å². The van der Waals surface area contributed by atoms with E-state index in [1.54, 1.807) is 14.2 Å². The lowest BCUT2D eigenvalue weighted by atomic mass is 9.94. The summed E-state index contributed by atoms with van der Waals surface area (Å²) < 4.78 is 10.5. The van der Waals surface area contributed by atoms with Crippen molar-refractivity contribution in [1.82, 2.24) is 9.97 Å². The number of aromatic amines is 1. The molecular weight excluding hydrogens is 328 g/mol. The number of hydrogen-bond acceptors (Lipinski definition) is 3. The molecule has 1 N–H and O–H groups in total. The van der Waals surface area contributed by atoms with Gasteiger partial charge in [-0.15, -0.1) is 0 Å². The minimum atomic E-state index is -0.577. The van der Waals surface area contributed by atoms with Crippen LogP contribution in [0.1, 0.15) is 19.7 Å². The van der Waals surface area contributed by atoms with Crippen LogP contribution in [0.5, 0.6) is 11.5 Å². The average Bonchev–Trinajstić information content (AvgIpc) is 3.14. The summed E-state index contributed by atoms with van der Waals surface area (Å²) in [7, 11) is 3.28. The predicted octanol–water partition coefficient (Wildman–Crippen LogP) is 4.47. The molecule has 0 fully saturated rings. The number of benzene rings is 2. The zero-order chi connectivity index (χ0) is 18.7. The molecule has 0 aliphatic heterocycles. The molecule has 0 spiro atoms. The maximum Gasteiger partial charge on any atom is 0.118 e. The Balaban J connectivity index is 2.13. The van der Waals surface area contributed by atoms with Crippen molar-refractivity contribution in [2.75, 3.05) is 20.8 Å². The van der Waals surface area contributed by atoms with Crippen LogP contribution in [0.15, 0.2) is 48.5 Å². The highest BCUT2D eigenvalue weighted by Crippen LogP contribution is 2.34. The van der Waals surface area contributed by atoms with Crippen LogP contribution in [-0.4, -0.2) is 30.8 Å². The highest BCUT2D eigenvalue weighted by molar-refractivity contribution is 5.79. The number of nitrogens with one attached hydrogen (secondary N) is 1. The minimum Gasteiger partial charge on any atom is -0.497 e. The lowest BCUT2D eigenvalue weighted by Gasteiger charge is -2.16. The number of rotatable bonds is 6. The van der Waals surface area contributed by atoms with Crippen molar-refractivity contribution in [2.24, 2.45) is 0 Å². The Morgan fingerprint density at radius 2 is 1.38 bits per heavy atom. The molecule has 5 nitrogen and oxygen atoms in total. The number of methoxy groups -OCH3 is 2. The summed E-state index contributed by atoms with van der Waals surface area (Å²) in [5, 5.41) is 11.6. The SMILES string of the molecule is COc1ccc(-c2nc(C(C)(C)C[O])[nH]c2-c2ccc(OC)cc2)cc1. The number of imidazole rings is 1. The summed E-state index contributed by atoms with van der Waals surface area (Å²) in [6, 6.07) is 15.5. The first kappa shape index (κ1) is 18.0. The summed E-state index contributed by atoms with van der Waals surface area (Å²) in [4.78, 5) is 8.14. The summed E-state index contributed by atoms with van der Waals surface area (Å²) in [5.74, 6) is 2.26. The molecule has 3 aromatic rings. The van der Waals surface area contributed by atoms with Gasteiger partial charge in [0.25, 0.3) is 0 Å². The monoisotopic (exact) mass is 351 g/mol. The second-order valence-corrected chi connectivity index (χ2v) is 6.79. The minimum absolute atomic E-state index is 0.245. The summed E-state index contributed by atoms with van der Waals surface area (Å²) in [6.45, 7) is 3.55. The van der Waals surface area contributed by atoms with Gasteiger partial charge in [0, 0.05) is 16.5 Å². The molecule has 0 aliphatic rings. The van der Waals surface area contributed by atoms with Crippen molar-refractivity contribution >= 4 is 0 Å². The third kappa shape index (κ3) is 3.44. The van der Waals surface area contributed by atoms with Gasteiger partial charge in [-0.2, -0.15) is 0 Å². The molecule has 0 atom stereocenters. The Bertz CT molecular complexity index is 800. The molecule has 0 unspecified atom stereocenters. The summed E-state index contributed by atoms with van der Waals surface area (Å²) in [5.41, 5.74) is 3.06. The molecule has 1 radical (unpaired) electrons. The van der Waals surface area contributed by atoms with E-state index in [0.717, 1.165) is 34.0 Å². The molecular formula is C21H23N2O3. The van der Waals surface area contributed by atoms with Gasteiger partial charge in [0.1, 0.15) is 17.3 Å². The van der Waals surface area contributed by atoms with Crippen LogP contribution < -0.4 is 9.47 Å². The molecule has 0 amide bonds. The van der Waals surface area contributed by atoms with Gasteiger partial charge >= 0.3 is 0 Å². The maximum atomic E-state index is 11.6. The van der Waals surface area contributed by atoms with Crippen molar-refractivity contribution in [3.05, 3.63) is 54.4 Å². The van der Waals surface area contributed by atoms with Crippen LogP contribution >= 0.6 is 0 Å². The molecule has 1 aromatic heterocycles. The van der Waals surface area contributed by atoms with E-state index >= 15 is 0 Å². The van der Waals surface area contributed by atoms with Crippen molar-refractivity contribution in [2.45, 2.75) is 19.3 Å². The van der Waals surface area contributed by atoms with Crippen molar-refractivity contribution < 1.29 is 14.6 Å². The number of ether oxygens (including phenoxy) is 2. The van der Waals surface area contributed by atoms with Gasteiger partial charge in [-0.05, 0) is 48.5 Å². The second-order valence-electron chi connectivity index (χ2n) is 6.79. The van der Waals surface area contributed by atoms with Crippen LogP contribution in [0.3, 0.4) is 0 Å². The molecule has 0 saturated carbocycles. The number of nitrogens with zero attached hydrogens (tertiary/aromatic N) is 1. The molecule has 0 saturated heterocycles. The average molecular weight is 351 g/mol. The van der Waals surface area contributed by atoms with Crippen LogP contribution in [-0.2, 0) is 10.5 Å². The Kier molecular flexibility index (Phi) is 5.00. The van der Waals surface area contributed by atoms with E-state index in [-0.39, 0.29) is 6.61 Å². The van der Waals surface area contributed by atoms with E-state index in [1.165, 1.54) is 0 Å². The largest absolute Gasteiger partial charge is 0.497 e. The second kappa shape index (κ2) is 7.22. The number of H-pyrrole nitrogens is 1. The van der Waals surface area contributed by atoms with Crippen molar-refractivity contribution in [3.63, 3.8) is 0 Å². The van der Waals surface area contributed by atoms with Crippen LogP contribution in [0.4, 0.5) is 0 Å². The van der Waals surface area contributed by atoms with E-state index in [9.17, 15) is 5.11 Å². The molecule has 0 bridgehead atoms. The fourth-order valence-corrected chi connectivity index (χ4v) is 2.69. The van der Waals surface area contributed by atoms with Crippen LogP contribution in [0.2, 0.25) is 0 Å². The third-order valence-electron chi connectivity index (χ3n) is 4.45. The van der Waals surface area contributed by atoms with Crippen molar-refractivity contribution in [1.29, 1.82) is 0 Å². The van der Waals surface area contributed by atoms with E-state index in [2.05, 4.69) is 4.98 Å². The van der Waals surface area contributed by atoms with Gasteiger partial charge < -0.3 is 14.5 Å². The normalized spacial score (nSPS) is 11.4. The first-order valence-corrected chi connectivity index (χ1v) is 8.46. The predicted molar refractivity (Wildman–Crippen MR) is 101 cm³/mol. The zero-order valence-corrected chi connectivity index (χ0v) is 15.5. The molecule has 0 aliphatic carbocycles. The molecule has 135 valence electrons. The van der Waals surface area contributed by atoms with Gasteiger partial charge in [0.15, 0.2) is 0 Å². The van der Waals surface area contributed by atoms with E-state index in [4.69, 9.17) is 14.5 Å². The molecule has 26 heavy (non-hydrogen) atoms. The van der Waals surface area contributed by atoms with Crippen molar-refractivity contribution in [3.8, 4) is 34.0 Å². The highest BCUT2D eigenvalue weighted by Gasteiger charge is 2.27. The smallest absolute Gasteiger partial charge is 0.118 e. The fraction of sp³-hybridized carbons (Fsp3) is 0.286. The van der Waals surface area contributed by atoms with E-state index < -0.39 is 5.41 Å². The zero-order valence-electron chi connectivity index (χ0n) is 15.5. The Hall–Kier alpha value is -2.79. The van der Waals surface area contributed by atoms with E-state index in [1.807, 2.05) is 62.4 Å². The Labute approximate surface area is 153 Å². The van der Waals surface area contributed by atoms with E-state index in [0.29, 0.717) is 5.82 Å². The quantitative estimate of drug-likeness (QED) is 0.712. The van der Waals surface area contributed by atoms with Crippen LogP contribution in [0.25, 0.3) is 22.5 Å². The van der Waals surface area contributed by atoms with Gasteiger partial charge in [-0.1, -0.05) is 13.8 Å². The standard InChI is InChI=1S/C21H23N2O3/c1-21(2,13-24)20-22-18(14-5-9-16(25-3)10-6-14)19(23-20)15-7-11-17(26-4)12-8-15/h5-12H,13H2,1-4H3,(H,22,23). The Morgan fingerprint density at radius 3 is 1.85 bits per heavy atom. The fourth-order valence-electron chi connectivity index (χ4n) is 2.69. The first-order chi connectivity index (χ1) is 12.5. The molecule has 1 heterocycles. The van der Waals surface area contributed by atoms with Gasteiger partial charge in [-0.25, -0.2) is 10.1 Å². The molecule has 3 rings (SSSR count). The lowest BCUT2D eigenvalue weighted by molar-refractivity contribution is 0.133. The number of hydrogen-bond donors (Lipinski definition) is 1. The molecule has 2 aromatic carbocycles. The lowest BCUT2D eigenvalue weighted by Crippen LogP contribution is -2.23. The topological polar surface area (TPSA) is 67.0 Å². The maximum absolute atomic E-state index is 11.6.